The molecule has 2 saturated heterocycles. The highest BCUT2D eigenvalue weighted by atomic mass is 16.7. The predicted molar refractivity (Wildman–Crippen MR) is 102 cm³/mol. The van der Waals surface area contributed by atoms with Gasteiger partial charge >= 0.3 is 11.9 Å². The average molecular weight is 363 g/mol. The minimum Gasteiger partial charge on any atom is -0.417 e. The Labute approximate surface area is 158 Å². The molecule has 138 valence electrons. The molecule has 0 spiro atoms. The zero-order chi connectivity index (χ0) is 18.8. The number of cyclic esters (lactones) is 2. The van der Waals surface area contributed by atoms with Crippen molar-refractivity contribution in [2.45, 2.75) is 26.1 Å². The summed E-state index contributed by atoms with van der Waals surface area (Å²) in [5.74, 6) is -1.33. The summed E-state index contributed by atoms with van der Waals surface area (Å²) >= 11 is 0. The molecule has 0 amide bonds. The van der Waals surface area contributed by atoms with E-state index in [1.54, 1.807) is 30.3 Å². The number of carbonyl (C=O) groups is 2. The lowest BCUT2D eigenvalue weighted by Crippen LogP contribution is -2.29. The molecule has 0 unspecified atom stereocenters. The second-order valence-corrected chi connectivity index (χ2v) is 6.85. The highest BCUT2D eigenvalue weighted by Crippen LogP contribution is 2.29. The quantitative estimate of drug-likeness (QED) is 0.472. The van der Waals surface area contributed by atoms with E-state index >= 15 is 0 Å². The van der Waals surface area contributed by atoms with Gasteiger partial charge in [0.1, 0.15) is 5.57 Å². The summed E-state index contributed by atoms with van der Waals surface area (Å²) < 4.78 is 10.6. The third kappa shape index (κ3) is 3.58. The number of rotatable bonds is 3. The molecule has 0 radical (unpaired) electrons. The van der Waals surface area contributed by atoms with Crippen LogP contribution in [0.15, 0.2) is 54.1 Å². The monoisotopic (exact) mass is 363 g/mol. The first-order valence-electron chi connectivity index (χ1n) is 9.16. The van der Waals surface area contributed by atoms with Gasteiger partial charge in [-0.2, -0.15) is 0 Å². The van der Waals surface area contributed by atoms with Gasteiger partial charge in [0.05, 0.1) is 0 Å². The minimum absolute atomic E-state index is 0.0841. The molecular weight excluding hydrogens is 342 g/mol. The number of esters is 2. The number of hydrogen-bond acceptors (Lipinski definition) is 5. The van der Waals surface area contributed by atoms with Gasteiger partial charge in [-0.25, -0.2) is 9.59 Å². The van der Waals surface area contributed by atoms with Crippen molar-refractivity contribution in [3.8, 4) is 0 Å². The minimum atomic E-state index is -0.998. The van der Waals surface area contributed by atoms with Crippen LogP contribution in [0.4, 0.5) is 5.69 Å². The van der Waals surface area contributed by atoms with Crippen molar-refractivity contribution >= 4 is 23.7 Å². The number of nitrogens with zero attached hydrogens (tertiary/aromatic N) is 1. The average Bonchev–Trinajstić information content (AvgIpc) is 3.21. The largest absolute Gasteiger partial charge is 0.417 e. The normalized spacial score (nSPS) is 19.7. The Kier molecular flexibility index (Phi) is 4.67. The van der Waals surface area contributed by atoms with Gasteiger partial charge in [-0.3, -0.25) is 0 Å². The van der Waals surface area contributed by atoms with Gasteiger partial charge < -0.3 is 14.4 Å². The summed E-state index contributed by atoms with van der Waals surface area (Å²) in [7, 11) is 0. The van der Waals surface area contributed by atoms with E-state index < -0.39 is 18.2 Å². The zero-order valence-corrected chi connectivity index (χ0v) is 15.2. The maximum absolute atomic E-state index is 12.4. The lowest BCUT2D eigenvalue weighted by atomic mass is 10.0. The summed E-state index contributed by atoms with van der Waals surface area (Å²) in [6.45, 7) is 4.11. The van der Waals surface area contributed by atoms with Crippen LogP contribution in [0, 0.1) is 6.92 Å². The Bertz CT molecular complexity index is 878. The van der Waals surface area contributed by atoms with Gasteiger partial charge in [0.25, 0.3) is 6.29 Å². The van der Waals surface area contributed by atoms with Crippen molar-refractivity contribution in [1.29, 1.82) is 0 Å². The predicted octanol–water partition coefficient (Wildman–Crippen LogP) is 3.78. The molecule has 0 aliphatic carbocycles. The molecule has 2 heterocycles. The van der Waals surface area contributed by atoms with Crippen LogP contribution in [-0.2, 0) is 19.1 Å². The number of hydrogen-bond donors (Lipinski definition) is 0. The molecule has 2 aromatic rings. The van der Waals surface area contributed by atoms with E-state index in [4.69, 9.17) is 9.47 Å². The number of carbonyl (C=O) groups excluding carboxylic acids is 2. The van der Waals surface area contributed by atoms with Crippen LogP contribution in [0.2, 0.25) is 0 Å². The van der Waals surface area contributed by atoms with E-state index in [1.807, 2.05) is 25.1 Å². The Balaban J connectivity index is 1.55. The first kappa shape index (κ1) is 17.3. The molecule has 5 nitrogen and oxygen atoms in total. The Morgan fingerprint density at radius 2 is 1.63 bits per heavy atom. The first-order chi connectivity index (χ1) is 13.1. The molecule has 4 rings (SSSR count). The SMILES string of the molecule is Cc1cc(N2CCCC2)ccc1C=C1C(=O)OC(c2ccccc2)OC1=O. The lowest BCUT2D eigenvalue weighted by Gasteiger charge is -2.24. The number of anilines is 1. The van der Waals surface area contributed by atoms with Crippen molar-refractivity contribution in [3.05, 3.63) is 70.8 Å². The van der Waals surface area contributed by atoms with Crippen LogP contribution >= 0.6 is 0 Å². The molecule has 5 heteroatoms. The number of aryl methyl sites for hydroxylation is 1. The summed E-state index contributed by atoms with van der Waals surface area (Å²) in [4.78, 5) is 27.1. The molecule has 2 aliphatic heterocycles. The van der Waals surface area contributed by atoms with Crippen molar-refractivity contribution in [2.24, 2.45) is 0 Å². The van der Waals surface area contributed by atoms with Gasteiger partial charge in [0.2, 0.25) is 0 Å². The van der Waals surface area contributed by atoms with E-state index in [0.29, 0.717) is 5.56 Å². The molecular formula is C22H21NO4. The highest BCUT2D eigenvalue weighted by molar-refractivity contribution is 6.18. The summed E-state index contributed by atoms with van der Waals surface area (Å²) in [5, 5.41) is 0. The van der Waals surface area contributed by atoms with Gasteiger partial charge in [0.15, 0.2) is 0 Å². The molecule has 2 fully saturated rings. The van der Waals surface area contributed by atoms with Crippen molar-refractivity contribution in [1.82, 2.24) is 0 Å². The highest BCUT2D eigenvalue weighted by Gasteiger charge is 2.34. The van der Waals surface area contributed by atoms with E-state index in [2.05, 4.69) is 11.0 Å². The van der Waals surface area contributed by atoms with E-state index in [0.717, 1.165) is 24.2 Å². The fourth-order valence-corrected chi connectivity index (χ4v) is 3.44. The number of benzene rings is 2. The standard InChI is InChI=1S/C22H21NO4/c1-15-13-18(23-11-5-6-12-23)10-9-17(15)14-19-20(24)26-22(27-21(19)25)16-7-3-2-4-8-16/h2-4,7-10,13-14,22H,5-6,11-12H2,1H3. The molecule has 0 bridgehead atoms. The third-order valence-corrected chi connectivity index (χ3v) is 4.96. The molecule has 0 N–H and O–H groups in total. The molecule has 2 aliphatic rings. The Morgan fingerprint density at radius 3 is 2.26 bits per heavy atom. The number of ether oxygens (including phenoxy) is 2. The van der Waals surface area contributed by atoms with E-state index in [9.17, 15) is 9.59 Å². The second kappa shape index (κ2) is 7.27. The third-order valence-electron chi connectivity index (χ3n) is 4.96. The van der Waals surface area contributed by atoms with Gasteiger partial charge in [-0.1, -0.05) is 36.4 Å². The molecule has 0 saturated carbocycles. The maximum atomic E-state index is 12.4. The smallest absolute Gasteiger partial charge is 0.348 e. The van der Waals surface area contributed by atoms with Gasteiger partial charge in [0, 0.05) is 24.3 Å². The lowest BCUT2D eigenvalue weighted by molar-refractivity contribution is -0.195. The first-order valence-corrected chi connectivity index (χ1v) is 9.16. The molecule has 0 atom stereocenters. The van der Waals surface area contributed by atoms with Crippen LogP contribution in [0.25, 0.3) is 6.08 Å². The van der Waals surface area contributed by atoms with Crippen LogP contribution in [0.5, 0.6) is 0 Å². The summed E-state index contributed by atoms with van der Waals surface area (Å²) in [5.41, 5.74) is 3.52. The van der Waals surface area contributed by atoms with E-state index in [1.165, 1.54) is 18.5 Å². The maximum Gasteiger partial charge on any atom is 0.348 e. The van der Waals surface area contributed by atoms with Crippen LogP contribution in [-0.4, -0.2) is 25.0 Å². The van der Waals surface area contributed by atoms with Crippen LogP contribution in [0.1, 0.15) is 35.8 Å². The van der Waals surface area contributed by atoms with E-state index in [-0.39, 0.29) is 5.57 Å². The van der Waals surface area contributed by atoms with Gasteiger partial charge in [-0.15, -0.1) is 0 Å². The van der Waals surface area contributed by atoms with Crippen LogP contribution < -0.4 is 4.90 Å². The molecule has 27 heavy (non-hydrogen) atoms. The Morgan fingerprint density at radius 1 is 0.963 bits per heavy atom. The fourth-order valence-electron chi connectivity index (χ4n) is 3.44. The summed E-state index contributed by atoms with van der Waals surface area (Å²) in [6, 6.07) is 15.0. The fraction of sp³-hybridized carbons (Fsp3) is 0.273. The van der Waals surface area contributed by atoms with Crippen molar-refractivity contribution in [2.75, 3.05) is 18.0 Å². The topological polar surface area (TPSA) is 55.8 Å². The zero-order valence-electron chi connectivity index (χ0n) is 15.2. The van der Waals surface area contributed by atoms with Crippen LogP contribution in [0.3, 0.4) is 0 Å². The Hall–Kier alpha value is -3.08. The summed E-state index contributed by atoms with van der Waals surface area (Å²) in [6.07, 6.45) is 2.98. The van der Waals surface area contributed by atoms with Crippen molar-refractivity contribution < 1.29 is 19.1 Å². The van der Waals surface area contributed by atoms with Crippen molar-refractivity contribution in [3.63, 3.8) is 0 Å². The molecule has 2 aromatic carbocycles. The van der Waals surface area contributed by atoms with Gasteiger partial charge in [-0.05, 0) is 49.1 Å². The molecule has 0 aromatic heterocycles. The second-order valence-electron chi connectivity index (χ2n) is 6.85.